The van der Waals surface area contributed by atoms with Crippen LogP contribution in [0.4, 0.5) is 10.1 Å². The van der Waals surface area contributed by atoms with Crippen LogP contribution in [0.25, 0.3) is 0 Å². The molecular weight excluding hydrogens is 403 g/mol. The average molecular weight is 429 g/mol. The van der Waals surface area contributed by atoms with Crippen molar-refractivity contribution in [3.05, 3.63) is 65.2 Å². The topological polar surface area (TPSA) is 69.0 Å². The molecular formula is C22H25FN4O2S. The number of ether oxygens (including phenoxy) is 1. The molecule has 0 fully saturated rings. The van der Waals surface area contributed by atoms with E-state index in [0.717, 1.165) is 11.3 Å². The number of nitrogens with one attached hydrogen (secondary N) is 1. The molecule has 0 saturated carbocycles. The minimum atomic E-state index is -0.344. The maximum Gasteiger partial charge on any atom is 0.234 e. The highest BCUT2D eigenvalue weighted by molar-refractivity contribution is 7.99. The van der Waals surface area contributed by atoms with Crippen LogP contribution in [0.3, 0.4) is 0 Å². The molecule has 1 unspecified atom stereocenters. The van der Waals surface area contributed by atoms with E-state index in [0.29, 0.717) is 23.2 Å². The van der Waals surface area contributed by atoms with Gasteiger partial charge in [0, 0.05) is 12.2 Å². The summed E-state index contributed by atoms with van der Waals surface area (Å²) in [7, 11) is 0. The minimum Gasteiger partial charge on any atom is -0.482 e. The third-order valence-corrected chi connectivity index (χ3v) is 5.49. The number of anilines is 1. The fraction of sp³-hybridized carbons (Fsp3) is 0.318. The summed E-state index contributed by atoms with van der Waals surface area (Å²) in [6.45, 7) is 8.65. The second kappa shape index (κ2) is 9.75. The van der Waals surface area contributed by atoms with E-state index in [1.54, 1.807) is 0 Å². The van der Waals surface area contributed by atoms with Crippen molar-refractivity contribution in [1.29, 1.82) is 0 Å². The Morgan fingerprint density at radius 3 is 2.60 bits per heavy atom. The van der Waals surface area contributed by atoms with E-state index >= 15 is 0 Å². The smallest absolute Gasteiger partial charge is 0.234 e. The normalized spacial score (nSPS) is 11.9. The summed E-state index contributed by atoms with van der Waals surface area (Å²) >= 11 is 1.30. The molecule has 1 aromatic heterocycles. The lowest BCUT2D eigenvalue weighted by Crippen LogP contribution is -2.15. The lowest BCUT2D eigenvalue weighted by molar-refractivity contribution is -0.113. The number of hydrogen-bond acceptors (Lipinski definition) is 5. The van der Waals surface area contributed by atoms with Gasteiger partial charge in [0.2, 0.25) is 5.91 Å². The van der Waals surface area contributed by atoms with E-state index in [2.05, 4.69) is 21.6 Å². The van der Waals surface area contributed by atoms with E-state index in [1.165, 1.54) is 41.6 Å². The van der Waals surface area contributed by atoms with Crippen LogP contribution in [0, 0.1) is 19.7 Å². The van der Waals surface area contributed by atoms with Gasteiger partial charge in [-0.3, -0.25) is 4.79 Å². The van der Waals surface area contributed by atoms with E-state index in [1.807, 2.05) is 44.4 Å². The summed E-state index contributed by atoms with van der Waals surface area (Å²) in [4.78, 5) is 12.2. The Hall–Kier alpha value is -2.87. The maximum absolute atomic E-state index is 13.0. The second-order valence-corrected chi connectivity index (χ2v) is 7.90. The molecule has 8 heteroatoms. The molecule has 0 saturated heterocycles. The SMILES string of the molecule is CCn1c(SCC(=O)Nc2ccc(F)cc2)nnc1C(C)Oc1ccc(C)cc1C. The molecule has 6 nitrogen and oxygen atoms in total. The average Bonchev–Trinajstić information content (AvgIpc) is 3.13. The fourth-order valence-electron chi connectivity index (χ4n) is 3.04. The van der Waals surface area contributed by atoms with Gasteiger partial charge in [-0.05, 0) is 63.6 Å². The first kappa shape index (κ1) is 21.8. The molecule has 2 aromatic carbocycles. The molecule has 0 spiro atoms. The Labute approximate surface area is 179 Å². The number of nitrogens with zero attached hydrogens (tertiary/aromatic N) is 3. The number of carbonyl (C=O) groups excluding carboxylic acids is 1. The Balaban J connectivity index is 1.64. The number of hydrogen-bond donors (Lipinski definition) is 1. The van der Waals surface area contributed by atoms with E-state index < -0.39 is 0 Å². The standard InChI is InChI=1S/C22H25FN4O2S/c1-5-27-21(16(4)29-19-11-6-14(2)12-15(19)3)25-26-22(27)30-13-20(28)24-18-9-7-17(23)8-10-18/h6-12,16H,5,13H2,1-4H3,(H,24,28). The molecule has 0 aliphatic heterocycles. The van der Waals surface area contributed by atoms with Crippen molar-refractivity contribution in [2.45, 2.75) is 45.5 Å². The van der Waals surface area contributed by atoms with E-state index in [-0.39, 0.29) is 23.6 Å². The molecule has 0 aliphatic rings. The monoisotopic (exact) mass is 428 g/mol. The highest BCUT2D eigenvalue weighted by Crippen LogP contribution is 2.27. The highest BCUT2D eigenvalue weighted by Gasteiger charge is 2.20. The molecule has 0 aliphatic carbocycles. The molecule has 3 rings (SSSR count). The molecule has 0 bridgehead atoms. The number of rotatable bonds is 8. The van der Waals surface area contributed by atoms with E-state index in [9.17, 15) is 9.18 Å². The van der Waals surface area contributed by atoms with Crippen molar-refractivity contribution >= 4 is 23.4 Å². The van der Waals surface area contributed by atoms with Gasteiger partial charge >= 0.3 is 0 Å². The summed E-state index contributed by atoms with van der Waals surface area (Å²) in [6, 6.07) is 11.7. The molecule has 1 N–H and O–H groups in total. The van der Waals surface area contributed by atoms with Crippen molar-refractivity contribution in [2.24, 2.45) is 0 Å². The van der Waals surface area contributed by atoms with Crippen LogP contribution in [0.15, 0.2) is 47.6 Å². The zero-order valence-electron chi connectivity index (χ0n) is 17.5. The van der Waals surface area contributed by atoms with E-state index in [4.69, 9.17) is 4.74 Å². The number of thioether (sulfide) groups is 1. The third kappa shape index (κ3) is 5.38. The molecule has 30 heavy (non-hydrogen) atoms. The summed E-state index contributed by atoms with van der Waals surface area (Å²) in [5, 5.41) is 11.9. The summed E-state index contributed by atoms with van der Waals surface area (Å²) < 4.78 is 21.0. The van der Waals surface area contributed by atoms with Gasteiger partial charge in [-0.25, -0.2) is 4.39 Å². The summed E-state index contributed by atoms with van der Waals surface area (Å²) in [5.41, 5.74) is 2.80. The van der Waals surface area contributed by atoms with Gasteiger partial charge < -0.3 is 14.6 Å². The molecule has 1 heterocycles. The van der Waals surface area contributed by atoms with Gasteiger partial charge in [0.1, 0.15) is 11.6 Å². The Bertz CT molecular complexity index is 1020. The van der Waals surface area contributed by atoms with Crippen LogP contribution in [0.2, 0.25) is 0 Å². The molecule has 1 atom stereocenters. The molecule has 0 radical (unpaired) electrons. The number of benzene rings is 2. The Morgan fingerprint density at radius 2 is 1.93 bits per heavy atom. The maximum atomic E-state index is 13.0. The van der Waals surface area contributed by atoms with Gasteiger partial charge in [-0.1, -0.05) is 29.5 Å². The van der Waals surface area contributed by atoms with Crippen LogP contribution in [-0.2, 0) is 11.3 Å². The first-order valence-corrected chi connectivity index (χ1v) is 10.7. The number of aryl methyl sites for hydroxylation is 2. The number of halogens is 1. The predicted octanol–water partition coefficient (Wildman–Crippen LogP) is 4.92. The Morgan fingerprint density at radius 1 is 1.20 bits per heavy atom. The molecule has 1 amide bonds. The third-order valence-electron chi connectivity index (χ3n) is 4.52. The lowest BCUT2D eigenvalue weighted by atomic mass is 10.1. The van der Waals surface area contributed by atoms with Crippen LogP contribution >= 0.6 is 11.8 Å². The van der Waals surface area contributed by atoms with Crippen LogP contribution in [0.5, 0.6) is 5.75 Å². The highest BCUT2D eigenvalue weighted by atomic mass is 32.2. The van der Waals surface area contributed by atoms with Crippen molar-refractivity contribution in [3.8, 4) is 5.75 Å². The second-order valence-electron chi connectivity index (χ2n) is 6.96. The quantitative estimate of drug-likeness (QED) is 0.516. The van der Waals surface area contributed by atoms with Gasteiger partial charge in [0.15, 0.2) is 17.1 Å². The first-order valence-electron chi connectivity index (χ1n) is 9.72. The zero-order chi connectivity index (χ0) is 21.7. The Kier molecular flexibility index (Phi) is 7.10. The summed E-state index contributed by atoms with van der Waals surface area (Å²) in [6.07, 6.45) is -0.291. The van der Waals surface area contributed by atoms with Crippen molar-refractivity contribution in [2.75, 3.05) is 11.1 Å². The summed E-state index contributed by atoms with van der Waals surface area (Å²) in [5.74, 6) is 1.15. The lowest BCUT2D eigenvalue weighted by Gasteiger charge is -2.17. The molecule has 158 valence electrons. The van der Waals surface area contributed by atoms with Gasteiger partial charge in [-0.15, -0.1) is 10.2 Å². The van der Waals surface area contributed by atoms with Crippen molar-refractivity contribution in [3.63, 3.8) is 0 Å². The number of amides is 1. The minimum absolute atomic E-state index is 0.168. The van der Waals surface area contributed by atoms with Gasteiger partial charge in [-0.2, -0.15) is 0 Å². The number of carbonyl (C=O) groups is 1. The zero-order valence-corrected chi connectivity index (χ0v) is 18.3. The van der Waals surface area contributed by atoms with Crippen molar-refractivity contribution < 1.29 is 13.9 Å². The van der Waals surface area contributed by atoms with Gasteiger partial charge in [0.05, 0.1) is 5.75 Å². The predicted molar refractivity (Wildman–Crippen MR) is 116 cm³/mol. The largest absolute Gasteiger partial charge is 0.482 e. The van der Waals surface area contributed by atoms with Crippen molar-refractivity contribution in [1.82, 2.24) is 14.8 Å². The fourth-order valence-corrected chi connectivity index (χ4v) is 3.85. The van der Waals surface area contributed by atoms with Crippen LogP contribution < -0.4 is 10.1 Å². The van der Waals surface area contributed by atoms with Crippen LogP contribution in [0.1, 0.15) is 36.9 Å². The van der Waals surface area contributed by atoms with Crippen LogP contribution in [-0.4, -0.2) is 26.4 Å². The number of aromatic nitrogens is 3. The van der Waals surface area contributed by atoms with Gasteiger partial charge in [0.25, 0.3) is 0 Å². The molecule has 3 aromatic rings. The first-order chi connectivity index (χ1) is 14.4.